The molecule has 0 fully saturated rings. The number of hydrogen-bond donors (Lipinski definition) is 0. The molecule has 0 aromatic heterocycles. The Bertz CT molecular complexity index is 633. The Morgan fingerprint density at radius 3 is 2.14 bits per heavy atom. The maximum Gasteiger partial charge on any atom is 0.0458 e. The van der Waals surface area contributed by atoms with E-state index in [4.69, 9.17) is 0 Å². The van der Waals surface area contributed by atoms with E-state index in [0.29, 0.717) is 0 Å². The Kier molecular flexibility index (Phi) is 5.16. The van der Waals surface area contributed by atoms with Gasteiger partial charge in [0.2, 0.25) is 0 Å². The average molecular weight is 275 g/mol. The normalized spacial score (nSPS) is 11.6. The van der Waals surface area contributed by atoms with Gasteiger partial charge in [-0.15, -0.1) is 0 Å². The van der Waals surface area contributed by atoms with Crippen molar-refractivity contribution in [1.82, 2.24) is 0 Å². The number of hydrogen-bond acceptors (Lipinski definition) is 1. The number of benzene rings is 2. The lowest BCUT2D eigenvalue weighted by molar-refractivity contribution is 1.15. The molecular formula is C20H21N. The maximum absolute atomic E-state index is 3.70. The fourth-order valence-electron chi connectivity index (χ4n) is 2.18. The fourth-order valence-corrected chi connectivity index (χ4v) is 2.18. The Labute approximate surface area is 127 Å². The second-order valence-corrected chi connectivity index (χ2v) is 4.94. The van der Waals surface area contributed by atoms with Crippen molar-refractivity contribution in [2.75, 3.05) is 4.90 Å². The highest BCUT2D eigenvalue weighted by Gasteiger charge is 2.10. The predicted octanol–water partition coefficient (Wildman–Crippen LogP) is 5.78. The molecule has 0 aliphatic rings. The molecule has 106 valence electrons. The Balaban J connectivity index is 2.44. The zero-order valence-electron chi connectivity index (χ0n) is 12.7. The van der Waals surface area contributed by atoms with Gasteiger partial charge in [-0.05, 0) is 44.2 Å². The summed E-state index contributed by atoms with van der Waals surface area (Å²) in [4.78, 5) is 2.24. The molecule has 0 spiro atoms. The van der Waals surface area contributed by atoms with E-state index in [2.05, 4.69) is 79.9 Å². The minimum absolute atomic E-state index is 1.15. The summed E-state index contributed by atoms with van der Waals surface area (Å²) in [6.07, 6.45) is 7.81. The largest absolute Gasteiger partial charge is 0.315 e. The van der Waals surface area contributed by atoms with Crippen LogP contribution in [0.4, 0.5) is 11.4 Å². The van der Waals surface area contributed by atoms with E-state index < -0.39 is 0 Å². The molecule has 0 N–H and O–H groups in total. The molecule has 0 aliphatic carbocycles. The minimum Gasteiger partial charge on any atom is -0.315 e. The minimum atomic E-state index is 1.15. The molecule has 0 atom stereocenters. The lowest BCUT2D eigenvalue weighted by Gasteiger charge is -2.25. The van der Waals surface area contributed by atoms with Crippen LogP contribution in [-0.2, 0) is 0 Å². The van der Waals surface area contributed by atoms with Crippen molar-refractivity contribution in [2.45, 2.75) is 13.8 Å². The Morgan fingerprint density at radius 1 is 0.905 bits per heavy atom. The van der Waals surface area contributed by atoms with Crippen molar-refractivity contribution < 1.29 is 0 Å². The Morgan fingerprint density at radius 2 is 1.52 bits per heavy atom. The van der Waals surface area contributed by atoms with Crippen LogP contribution in [0.25, 0.3) is 0 Å². The van der Waals surface area contributed by atoms with Crippen LogP contribution in [0.1, 0.15) is 12.5 Å². The lowest BCUT2D eigenvalue weighted by Crippen LogP contribution is -2.14. The summed E-state index contributed by atoms with van der Waals surface area (Å²) >= 11 is 0. The third kappa shape index (κ3) is 3.96. The maximum atomic E-state index is 3.70. The van der Waals surface area contributed by atoms with Crippen molar-refractivity contribution in [3.05, 3.63) is 96.7 Å². The first kappa shape index (κ1) is 14.9. The van der Waals surface area contributed by atoms with Gasteiger partial charge in [0.05, 0.1) is 0 Å². The van der Waals surface area contributed by atoms with Crippen LogP contribution in [0.5, 0.6) is 0 Å². The highest BCUT2D eigenvalue weighted by Crippen LogP contribution is 2.29. The molecule has 2 aromatic carbocycles. The van der Waals surface area contributed by atoms with Crippen LogP contribution < -0.4 is 4.90 Å². The highest BCUT2D eigenvalue weighted by molar-refractivity contribution is 5.68. The molecule has 0 heterocycles. The summed E-state index contributed by atoms with van der Waals surface area (Å²) in [7, 11) is 0. The first-order chi connectivity index (χ1) is 10.2. The number of anilines is 2. The quantitative estimate of drug-likeness (QED) is 0.625. The van der Waals surface area contributed by atoms with Gasteiger partial charge in [-0.3, -0.25) is 0 Å². The Hall–Kier alpha value is -2.54. The molecule has 2 aromatic rings. The van der Waals surface area contributed by atoms with Crippen LogP contribution in [0, 0.1) is 6.92 Å². The standard InChI is InChI=1S/C20H21N/c1-4-5-7-10-18(3)21(19-11-8-6-9-12-19)20-15-13-17(2)14-16-20/h4-16H,1H2,2-3H3/b7-5-,18-10+. The molecule has 0 unspecified atom stereocenters. The lowest BCUT2D eigenvalue weighted by atomic mass is 10.1. The van der Waals surface area contributed by atoms with E-state index in [-0.39, 0.29) is 0 Å². The number of aryl methyl sites for hydroxylation is 1. The molecule has 0 bridgehead atoms. The van der Waals surface area contributed by atoms with Crippen LogP contribution in [0.15, 0.2) is 91.2 Å². The summed E-state index contributed by atoms with van der Waals surface area (Å²) in [5.41, 5.74) is 4.73. The highest BCUT2D eigenvalue weighted by atomic mass is 15.1. The monoisotopic (exact) mass is 275 g/mol. The molecule has 1 nitrogen and oxygen atoms in total. The third-order valence-electron chi connectivity index (χ3n) is 3.24. The van der Waals surface area contributed by atoms with E-state index in [1.165, 1.54) is 5.56 Å². The molecule has 21 heavy (non-hydrogen) atoms. The number of nitrogens with zero attached hydrogens (tertiary/aromatic N) is 1. The molecule has 0 saturated heterocycles. The summed E-state index contributed by atoms with van der Waals surface area (Å²) in [6, 6.07) is 19.0. The van der Waals surface area contributed by atoms with Gasteiger partial charge in [0.15, 0.2) is 0 Å². The molecule has 0 aliphatic heterocycles. The van der Waals surface area contributed by atoms with Gasteiger partial charge in [0.25, 0.3) is 0 Å². The zero-order chi connectivity index (χ0) is 15.1. The van der Waals surface area contributed by atoms with Gasteiger partial charge in [-0.2, -0.15) is 0 Å². The SMILES string of the molecule is C=C/C=C\C=C(/C)N(c1ccccc1)c1ccc(C)cc1. The van der Waals surface area contributed by atoms with Crippen LogP contribution in [0.2, 0.25) is 0 Å². The molecule has 0 saturated carbocycles. The van der Waals surface area contributed by atoms with E-state index in [0.717, 1.165) is 17.1 Å². The van der Waals surface area contributed by atoms with E-state index in [1.54, 1.807) is 6.08 Å². The van der Waals surface area contributed by atoms with Gasteiger partial charge in [0, 0.05) is 17.1 Å². The van der Waals surface area contributed by atoms with E-state index in [1.807, 2.05) is 18.2 Å². The summed E-state index contributed by atoms with van der Waals surface area (Å²) < 4.78 is 0. The second kappa shape index (κ2) is 7.30. The molecular weight excluding hydrogens is 254 g/mol. The first-order valence-corrected chi connectivity index (χ1v) is 7.10. The average Bonchev–Trinajstić information content (AvgIpc) is 2.51. The van der Waals surface area contributed by atoms with Crippen molar-refractivity contribution >= 4 is 11.4 Å². The van der Waals surface area contributed by atoms with Gasteiger partial charge in [-0.25, -0.2) is 0 Å². The van der Waals surface area contributed by atoms with E-state index in [9.17, 15) is 0 Å². The van der Waals surface area contributed by atoms with Crippen LogP contribution >= 0.6 is 0 Å². The van der Waals surface area contributed by atoms with Crippen LogP contribution in [-0.4, -0.2) is 0 Å². The van der Waals surface area contributed by atoms with Gasteiger partial charge < -0.3 is 4.90 Å². The zero-order valence-corrected chi connectivity index (χ0v) is 12.7. The number of para-hydroxylation sites is 1. The van der Waals surface area contributed by atoms with Crippen molar-refractivity contribution in [2.24, 2.45) is 0 Å². The second-order valence-electron chi connectivity index (χ2n) is 4.94. The van der Waals surface area contributed by atoms with Gasteiger partial charge >= 0.3 is 0 Å². The number of allylic oxidation sites excluding steroid dienone is 5. The molecule has 1 heteroatoms. The summed E-state index contributed by atoms with van der Waals surface area (Å²) in [5.74, 6) is 0. The van der Waals surface area contributed by atoms with Crippen molar-refractivity contribution in [1.29, 1.82) is 0 Å². The smallest absolute Gasteiger partial charge is 0.0458 e. The van der Waals surface area contributed by atoms with Crippen LogP contribution in [0.3, 0.4) is 0 Å². The molecule has 0 amide bonds. The predicted molar refractivity (Wildman–Crippen MR) is 92.9 cm³/mol. The summed E-state index contributed by atoms with van der Waals surface area (Å²) in [6.45, 7) is 7.91. The fraction of sp³-hybridized carbons (Fsp3) is 0.100. The number of rotatable bonds is 5. The molecule has 2 rings (SSSR count). The van der Waals surface area contributed by atoms with E-state index >= 15 is 0 Å². The summed E-state index contributed by atoms with van der Waals surface area (Å²) in [5, 5.41) is 0. The third-order valence-corrected chi connectivity index (χ3v) is 3.24. The first-order valence-electron chi connectivity index (χ1n) is 7.10. The topological polar surface area (TPSA) is 3.24 Å². The van der Waals surface area contributed by atoms with Gasteiger partial charge in [-0.1, -0.05) is 60.7 Å². The van der Waals surface area contributed by atoms with Gasteiger partial charge in [0.1, 0.15) is 0 Å². The van der Waals surface area contributed by atoms with Crippen molar-refractivity contribution in [3.63, 3.8) is 0 Å². The van der Waals surface area contributed by atoms with Crippen molar-refractivity contribution in [3.8, 4) is 0 Å². The molecule has 0 radical (unpaired) electrons.